The third kappa shape index (κ3) is 8.10. The molecule has 0 aliphatic heterocycles. The second-order valence-electron chi connectivity index (χ2n) is 16.4. The van der Waals surface area contributed by atoms with Gasteiger partial charge in [-0.25, -0.2) is 0 Å². The Balaban J connectivity index is 1.24. The molecule has 0 heterocycles. The lowest BCUT2D eigenvalue weighted by molar-refractivity contribution is 0.217. The summed E-state index contributed by atoms with van der Waals surface area (Å²) in [4.78, 5) is 5.06. The van der Waals surface area contributed by atoms with Crippen LogP contribution in [-0.4, -0.2) is 49.3 Å². The van der Waals surface area contributed by atoms with Gasteiger partial charge in [-0.3, -0.25) is 0 Å². The molecule has 0 spiro atoms. The van der Waals surface area contributed by atoms with Crippen LogP contribution < -0.4 is 21.2 Å². The van der Waals surface area contributed by atoms with Crippen LogP contribution in [-0.2, 0) is 0 Å². The molecule has 6 aromatic rings. The molecule has 2 nitrogen and oxygen atoms in total. The number of nitrogens with zero attached hydrogens (tertiary/aromatic N) is 2. The Labute approximate surface area is 339 Å². The molecular weight excluding hydrogens is 715 g/mol. The van der Waals surface area contributed by atoms with Crippen LogP contribution >= 0.6 is 15.8 Å². The third-order valence-electron chi connectivity index (χ3n) is 12.6. The van der Waals surface area contributed by atoms with E-state index in [1.165, 1.54) is 76.7 Å². The van der Waals surface area contributed by atoms with Crippen molar-refractivity contribution in [2.24, 2.45) is 11.8 Å². The first-order chi connectivity index (χ1) is 27.5. The molecule has 0 aromatic heterocycles. The second-order valence-corrected chi connectivity index (χ2v) is 21.2. The molecule has 2 aliphatic carbocycles. The minimum Gasteiger partial charge on any atom is -0.302 e. The number of hydrogen-bond acceptors (Lipinski definition) is 2. The molecule has 56 heavy (non-hydrogen) atoms. The maximum atomic E-state index is 2.56. The minimum absolute atomic E-state index is 0.308. The molecule has 0 N–H and O–H groups in total. The van der Waals surface area contributed by atoms with Gasteiger partial charge in [0.05, 0.1) is 0 Å². The Hall–Kier alpha value is -3.90. The van der Waals surface area contributed by atoms with E-state index in [-0.39, 0.29) is 0 Å². The number of rotatable bonds is 13. The Morgan fingerprint density at radius 2 is 0.821 bits per heavy atom. The van der Waals surface area contributed by atoms with Crippen LogP contribution in [0.1, 0.15) is 61.7 Å². The zero-order chi connectivity index (χ0) is 38.4. The second kappa shape index (κ2) is 18.1. The van der Waals surface area contributed by atoms with Crippen LogP contribution in [0.5, 0.6) is 0 Å². The van der Waals surface area contributed by atoms with Crippen LogP contribution in [0.3, 0.4) is 0 Å². The number of hydrogen-bond donors (Lipinski definition) is 0. The predicted octanol–water partition coefficient (Wildman–Crippen LogP) is 11.2. The van der Waals surface area contributed by atoms with E-state index >= 15 is 0 Å². The van der Waals surface area contributed by atoms with Gasteiger partial charge in [0.2, 0.25) is 0 Å². The van der Waals surface area contributed by atoms with Crippen molar-refractivity contribution in [1.29, 1.82) is 0 Å². The van der Waals surface area contributed by atoms with Crippen LogP contribution in [0.2, 0.25) is 0 Å². The average molecular weight is 773 g/mol. The van der Waals surface area contributed by atoms with Crippen molar-refractivity contribution in [2.75, 3.05) is 28.2 Å². The monoisotopic (exact) mass is 772 g/mol. The molecular formula is C52H58N2P2. The van der Waals surface area contributed by atoms with Crippen molar-refractivity contribution >= 4 is 37.1 Å². The topological polar surface area (TPSA) is 6.48 Å². The fourth-order valence-electron chi connectivity index (χ4n) is 10.5. The fourth-order valence-corrected chi connectivity index (χ4v) is 17.0. The van der Waals surface area contributed by atoms with Crippen LogP contribution in [0.15, 0.2) is 170 Å². The van der Waals surface area contributed by atoms with Gasteiger partial charge in [-0.05, 0) is 136 Å². The highest BCUT2D eigenvalue weighted by molar-refractivity contribution is 7.74. The maximum Gasteiger partial charge on any atom is 0.0382 e. The minimum atomic E-state index is -0.657. The van der Waals surface area contributed by atoms with E-state index in [1.807, 2.05) is 0 Å². The average Bonchev–Trinajstić information content (AvgIpc) is 3.91. The van der Waals surface area contributed by atoms with Crippen LogP contribution in [0.4, 0.5) is 0 Å². The van der Waals surface area contributed by atoms with Crippen LogP contribution in [0, 0.1) is 11.8 Å². The van der Waals surface area contributed by atoms with Crippen molar-refractivity contribution in [3.05, 3.63) is 181 Å². The summed E-state index contributed by atoms with van der Waals surface area (Å²) in [6.45, 7) is 0. The summed E-state index contributed by atoms with van der Waals surface area (Å²) in [5.74, 6) is 1.12. The predicted molar refractivity (Wildman–Crippen MR) is 245 cm³/mol. The zero-order valence-corrected chi connectivity index (χ0v) is 35.5. The molecule has 2 saturated carbocycles. The molecule has 0 radical (unpaired) electrons. The summed E-state index contributed by atoms with van der Waals surface area (Å²) >= 11 is 0. The maximum absolute atomic E-state index is 2.56. The van der Waals surface area contributed by atoms with Gasteiger partial charge < -0.3 is 9.80 Å². The normalized spacial score (nSPS) is 21.4. The Morgan fingerprint density at radius 3 is 1.36 bits per heavy atom. The summed E-state index contributed by atoms with van der Waals surface area (Å²) in [6.07, 6.45) is 7.64. The lowest BCUT2D eigenvalue weighted by Crippen LogP contribution is -2.35. The molecule has 2 aliphatic rings. The van der Waals surface area contributed by atoms with E-state index in [2.05, 4.69) is 208 Å². The van der Waals surface area contributed by atoms with E-state index in [1.54, 1.807) is 5.30 Å². The Kier molecular flexibility index (Phi) is 12.6. The summed E-state index contributed by atoms with van der Waals surface area (Å²) in [5, 5.41) is 6.06. The summed E-state index contributed by atoms with van der Waals surface area (Å²) in [7, 11) is 8.08. The molecule has 0 bridgehead atoms. The van der Waals surface area contributed by atoms with Crippen molar-refractivity contribution in [2.45, 2.75) is 61.9 Å². The van der Waals surface area contributed by atoms with E-state index in [0.29, 0.717) is 35.2 Å². The fraction of sp³-hybridized carbons (Fsp3) is 0.308. The highest BCUT2D eigenvalue weighted by Gasteiger charge is 2.43. The lowest BCUT2D eigenvalue weighted by atomic mass is 9.85. The molecule has 4 unspecified atom stereocenters. The van der Waals surface area contributed by atoms with Gasteiger partial charge in [-0.1, -0.05) is 183 Å². The first kappa shape index (κ1) is 38.9. The van der Waals surface area contributed by atoms with Gasteiger partial charge in [0.1, 0.15) is 0 Å². The highest BCUT2D eigenvalue weighted by Crippen LogP contribution is 2.57. The first-order valence-corrected chi connectivity index (χ1v) is 23.6. The van der Waals surface area contributed by atoms with Gasteiger partial charge in [-0.15, -0.1) is 0 Å². The molecule has 2 fully saturated rings. The van der Waals surface area contributed by atoms with E-state index in [9.17, 15) is 0 Å². The smallest absolute Gasteiger partial charge is 0.0382 e. The number of benzene rings is 6. The van der Waals surface area contributed by atoms with Gasteiger partial charge >= 0.3 is 0 Å². The Bertz CT molecular complexity index is 2080. The van der Waals surface area contributed by atoms with E-state index < -0.39 is 15.8 Å². The van der Waals surface area contributed by atoms with Gasteiger partial charge in [0.25, 0.3) is 0 Å². The SMILES string of the molecule is CN(C)[C@H](c1ccccc1)C1CCCC1P(c1ccccc1)c1ccccc1-c1ccccc1[C@H]([C@H]1CCCC1P(c1ccccc1)c1ccccc1)N(C)C. The van der Waals surface area contributed by atoms with E-state index in [0.717, 1.165) is 0 Å². The van der Waals surface area contributed by atoms with Crippen molar-refractivity contribution in [3.8, 4) is 11.1 Å². The molecule has 7 atom stereocenters. The summed E-state index contributed by atoms with van der Waals surface area (Å²) < 4.78 is 0. The standard InChI is InChI=1S/C52H58N2P2/c1-53(2)51(39-23-9-5-10-24-39)46-34-21-38-50(46)56(42-29-15-8-16-30-42)48-36-20-19-32-44(48)43-31-17-18-33-45(43)52(54(3)4)47-35-22-37-49(47)55(40-25-11-6-12-26-40)41-27-13-7-14-28-41/h5-20,23-33,36,46-47,49-52H,21-22,34-35,37-38H2,1-4H3/t46?,47-,49?,50?,51+,52+,56?/m0/s1. The van der Waals surface area contributed by atoms with Crippen molar-refractivity contribution in [1.82, 2.24) is 9.80 Å². The third-order valence-corrected chi connectivity index (χ3v) is 18.7. The molecule has 4 heteroatoms. The summed E-state index contributed by atoms with van der Waals surface area (Å²) in [6, 6.07) is 65.6. The first-order valence-electron chi connectivity index (χ1n) is 20.8. The molecule has 8 rings (SSSR count). The van der Waals surface area contributed by atoms with Gasteiger partial charge in [-0.2, -0.15) is 0 Å². The van der Waals surface area contributed by atoms with Gasteiger partial charge in [0.15, 0.2) is 0 Å². The highest BCUT2D eigenvalue weighted by atomic mass is 31.1. The zero-order valence-electron chi connectivity index (χ0n) is 33.7. The quantitative estimate of drug-likeness (QED) is 0.108. The molecule has 0 amide bonds. The van der Waals surface area contributed by atoms with Crippen molar-refractivity contribution < 1.29 is 0 Å². The van der Waals surface area contributed by atoms with E-state index in [4.69, 9.17) is 0 Å². The van der Waals surface area contributed by atoms with Gasteiger partial charge in [0, 0.05) is 12.1 Å². The Morgan fingerprint density at radius 1 is 0.411 bits per heavy atom. The molecule has 0 saturated heterocycles. The molecule has 6 aromatic carbocycles. The molecule has 286 valence electrons. The largest absolute Gasteiger partial charge is 0.302 e. The van der Waals surface area contributed by atoms with Crippen LogP contribution in [0.25, 0.3) is 11.1 Å². The summed E-state index contributed by atoms with van der Waals surface area (Å²) in [5.41, 5.74) is 6.96. The van der Waals surface area contributed by atoms with Crippen molar-refractivity contribution in [3.63, 3.8) is 0 Å². The lowest BCUT2D eigenvalue weighted by Gasteiger charge is -2.40.